The summed E-state index contributed by atoms with van der Waals surface area (Å²) >= 11 is 1.07. The Morgan fingerprint density at radius 3 is 2.35 bits per heavy atom. The Labute approximate surface area is 185 Å². The highest BCUT2D eigenvalue weighted by Crippen LogP contribution is 2.43. The molecule has 0 bridgehead atoms. The summed E-state index contributed by atoms with van der Waals surface area (Å²) in [4.78, 5) is 18.2. The van der Waals surface area contributed by atoms with Gasteiger partial charge in [0.05, 0.1) is 25.5 Å². The number of aromatic hydroxyl groups is 1. The number of hydrogen-bond acceptors (Lipinski definition) is 9. The molecule has 3 N–H and O–H groups in total. The number of aromatic nitrogens is 1. The van der Waals surface area contributed by atoms with E-state index in [0.29, 0.717) is 18.7 Å². The Morgan fingerprint density at radius 1 is 1.19 bits per heavy atom. The number of rotatable bonds is 8. The number of nitrogens with zero attached hydrogens (tertiary/aromatic N) is 4. The van der Waals surface area contributed by atoms with Crippen molar-refractivity contribution in [2.24, 2.45) is 0 Å². The lowest BCUT2D eigenvalue weighted by molar-refractivity contribution is -0.127. The van der Waals surface area contributed by atoms with Crippen molar-refractivity contribution in [3.05, 3.63) is 23.3 Å². The number of nitriles is 2. The number of carbonyl (C=O) groups is 1. The number of methoxy groups -OCH3 is 2. The van der Waals surface area contributed by atoms with Gasteiger partial charge in [-0.15, -0.1) is 0 Å². The van der Waals surface area contributed by atoms with Gasteiger partial charge in [-0.05, 0) is 31.5 Å². The van der Waals surface area contributed by atoms with Crippen LogP contribution in [0.25, 0.3) is 11.1 Å². The number of ether oxygens (including phenoxy) is 2. The van der Waals surface area contributed by atoms with E-state index in [2.05, 4.69) is 11.1 Å². The predicted octanol–water partition coefficient (Wildman–Crippen LogP) is 2.76. The van der Waals surface area contributed by atoms with Gasteiger partial charge in [0.25, 0.3) is 0 Å². The third-order valence-corrected chi connectivity index (χ3v) is 5.57. The van der Waals surface area contributed by atoms with Gasteiger partial charge in [0.1, 0.15) is 28.5 Å². The molecule has 0 aliphatic heterocycles. The molecule has 0 aliphatic rings. The van der Waals surface area contributed by atoms with Crippen LogP contribution in [0.15, 0.2) is 17.2 Å². The number of thioether (sulfide) groups is 1. The first-order valence-corrected chi connectivity index (χ1v) is 10.3. The average Bonchev–Trinajstić information content (AvgIpc) is 2.77. The van der Waals surface area contributed by atoms with E-state index < -0.39 is 0 Å². The van der Waals surface area contributed by atoms with E-state index in [1.54, 1.807) is 4.90 Å². The quantitative estimate of drug-likeness (QED) is 0.590. The summed E-state index contributed by atoms with van der Waals surface area (Å²) in [5.41, 5.74) is 6.60. The molecule has 9 nitrogen and oxygen atoms in total. The summed E-state index contributed by atoms with van der Waals surface area (Å²) in [6.07, 6.45) is 0. The number of anilines is 1. The molecule has 1 heterocycles. The van der Waals surface area contributed by atoms with Crippen molar-refractivity contribution >= 4 is 23.5 Å². The molecule has 10 heteroatoms. The number of benzene rings is 1. The van der Waals surface area contributed by atoms with Crippen LogP contribution in [0, 0.1) is 22.7 Å². The molecule has 0 spiro atoms. The first-order valence-electron chi connectivity index (χ1n) is 9.36. The Hall–Kier alpha value is -3.63. The number of amides is 1. The van der Waals surface area contributed by atoms with Gasteiger partial charge in [-0.2, -0.15) is 10.5 Å². The summed E-state index contributed by atoms with van der Waals surface area (Å²) in [6.45, 7) is 4.90. The van der Waals surface area contributed by atoms with E-state index in [0.717, 1.165) is 11.8 Å². The number of pyridine rings is 1. The van der Waals surface area contributed by atoms with Gasteiger partial charge < -0.3 is 25.2 Å². The molecular weight excluding hydrogens is 418 g/mol. The summed E-state index contributed by atoms with van der Waals surface area (Å²) in [6, 6.07) is 6.92. The first-order chi connectivity index (χ1) is 14.9. The summed E-state index contributed by atoms with van der Waals surface area (Å²) in [5, 5.41) is 30.1. The molecule has 2 rings (SSSR count). The highest BCUT2D eigenvalue weighted by atomic mass is 32.2. The fraction of sp³-hybridized carbons (Fsp3) is 0.333. The van der Waals surface area contributed by atoms with Crippen LogP contribution in [0.2, 0.25) is 0 Å². The van der Waals surface area contributed by atoms with Gasteiger partial charge >= 0.3 is 0 Å². The van der Waals surface area contributed by atoms with Crippen molar-refractivity contribution in [1.29, 1.82) is 10.5 Å². The van der Waals surface area contributed by atoms with Crippen LogP contribution < -0.4 is 15.2 Å². The van der Waals surface area contributed by atoms with E-state index in [1.165, 1.54) is 26.4 Å². The molecule has 0 radical (unpaired) electrons. The number of nitrogen functional groups attached to an aromatic ring is 1. The monoisotopic (exact) mass is 441 g/mol. The average molecular weight is 442 g/mol. The summed E-state index contributed by atoms with van der Waals surface area (Å²) in [5.74, 6) is -0.0228. The van der Waals surface area contributed by atoms with Crippen LogP contribution in [0.5, 0.6) is 17.2 Å². The van der Waals surface area contributed by atoms with E-state index >= 15 is 0 Å². The molecule has 0 saturated carbocycles. The number of phenols is 1. The zero-order chi connectivity index (χ0) is 23.1. The summed E-state index contributed by atoms with van der Waals surface area (Å²) < 4.78 is 10.4. The number of nitrogens with two attached hydrogens (primary N) is 1. The number of carbonyl (C=O) groups excluding carboxylic acids is 1. The van der Waals surface area contributed by atoms with Gasteiger partial charge in [0, 0.05) is 18.7 Å². The Kier molecular flexibility index (Phi) is 7.94. The maximum atomic E-state index is 12.4. The molecule has 0 aliphatic carbocycles. The van der Waals surface area contributed by atoms with Gasteiger partial charge in [0.15, 0.2) is 11.5 Å². The second-order valence-electron chi connectivity index (χ2n) is 6.24. The minimum Gasteiger partial charge on any atom is -0.504 e. The van der Waals surface area contributed by atoms with Crippen molar-refractivity contribution < 1.29 is 19.4 Å². The Morgan fingerprint density at radius 2 is 1.84 bits per heavy atom. The molecule has 0 atom stereocenters. The van der Waals surface area contributed by atoms with E-state index in [9.17, 15) is 20.4 Å². The first kappa shape index (κ1) is 23.6. The van der Waals surface area contributed by atoms with Crippen molar-refractivity contribution in [3.8, 4) is 40.5 Å². The molecule has 2 aromatic rings. The van der Waals surface area contributed by atoms with Gasteiger partial charge in [-0.3, -0.25) is 4.79 Å². The zero-order valence-electron chi connectivity index (χ0n) is 17.7. The van der Waals surface area contributed by atoms with E-state index in [4.69, 9.17) is 15.2 Å². The largest absolute Gasteiger partial charge is 0.504 e. The molecule has 31 heavy (non-hydrogen) atoms. The zero-order valence-corrected chi connectivity index (χ0v) is 18.5. The SMILES string of the molecule is CCN(CC)C(=O)CSc1nc(N)c(C#N)c(-c2cc(O)c(OC)c(OC)c2)c1C#N. The van der Waals surface area contributed by atoms with Crippen molar-refractivity contribution in [2.75, 3.05) is 38.8 Å². The second-order valence-corrected chi connectivity index (χ2v) is 7.20. The molecule has 1 aromatic heterocycles. The third-order valence-electron chi connectivity index (χ3n) is 4.61. The molecule has 162 valence electrons. The number of hydrogen-bond donors (Lipinski definition) is 2. The van der Waals surface area contributed by atoms with Crippen molar-refractivity contribution in [3.63, 3.8) is 0 Å². The van der Waals surface area contributed by atoms with Crippen LogP contribution in [0.3, 0.4) is 0 Å². The topological polar surface area (TPSA) is 145 Å². The Balaban J connectivity index is 2.66. The maximum Gasteiger partial charge on any atom is 0.232 e. The Bertz CT molecular complexity index is 1070. The molecule has 0 fully saturated rings. The van der Waals surface area contributed by atoms with Gasteiger partial charge in [-0.1, -0.05) is 11.8 Å². The maximum absolute atomic E-state index is 12.4. The van der Waals surface area contributed by atoms with Crippen LogP contribution in [0.4, 0.5) is 5.82 Å². The number of phenolic OH excluding ortho intramolecular Hbond substituents is 1. The smallest absolute Gasteiger partial charge is 0.232 e. The third kappa shape index (κ3) is 4.76. The van der Waals surface area contributed by atoms with Gasteiger partial charge in [0.2, 0.25) is 11.7 Å². The predicted molar refractivity (Wildman–Crippen MR) is 117 cm³/mol. The normalized spacial score (nSPS) is 10.1. The van der Waals surface area contributed by atoms with Crippen molar-refractivity contribution in [1.82, 2.24) is 9.88 Å². The van der Waals surface area contributed by atoms with Crippen molar-refractivity contribution in [2.45, 2.75) is 18.9 Å². The minimum atomic E-state index is -0.231. The standard InChI is InChI=1S/C21H23N5O4S/c1-5-26(6-2)17(28)11-31-21-14(10-23)18(13(9-22)20(24)25-21)12-7-15(27)19(30-4)16(8-12)29-3/h7-8,27H,5-6,11H2,1-4H3,(H2,24,25). The van der Waals surface area contributed by atoms with E-state index in [1.807, 2.05) is 19.9 Å². The molecule has 1 amide bonds. The molecule has 0 unspecified atom stereocenters. The fourth-order valence-corrected chi connectivity index (χ4v) is 3.98. The van der Waals surface area contributed by atoms with Crippen LogP contribution in [-0.2, 0) is 4.79 Å². The minimum absolute atomic E-state index is 0.0115. The fourth-order valence-electron chi connectivity index (χ4n) is 3.08. The van der Waals surface area contributed by atoms with Crippen LogP contribution >= 0.6 is 11.8 Å². The lowest BCUT2D eigenvalue weighted by Gasteiger charge is -2.19. The molecule has 1 aromatic carbocycles. The lowest BCUT2D eigenvalue weighted by atomic mass is 9.96. The van der Waals surface area contributed by atoms with E-state index in [-0.39, 0.29) is 56.4 Å². The van der Waals surface area contributed by atoms with Crippen LogP contribution in [-0.4, -0.2) is 54.0 Å². The summed E-state index contributed by atoms with van der Waals surface area (Å²) in [7, 11) is 2.78. The second kappa shape index (κ2) is 10.4. The highest BCUT2D eigenvalue weighted by Gasteiger charge is 2.24. The molecule has 0 saturated heterocycles. The lowest BCUT2D eigenvalue weighted by Crippen LogP contribution is -2.31. The van der Waals surface area contributed by atoms with Crippen LogP contribution in [0.1, 0.15) is 25.0 Å². The molecular formula is C21H23N5O4S. The highest BCUT2D eigenvalue weighted by molar-refractivity contribution is 8.00. The van der Waals surface area contributed by atoms with Gasteiger partial charge in [-0.25, -0.2) is 4.98 Å².